The van der Waals surface area contributed by atoms with Gasteiger partial charge in [-0.3, -0.25) is 0 Å². The number of nitrogens with zero attached hydrogens (tertiary/aromatic N) is 3. The molecule has 0 aliphatic rings. The van der Waals surface area contributed by atoms with Gasteiger partial charge in [-0.15, -0.1) is 5.10 Å². The Labute approximate surface area is 92.1 Å². The van der Waals surface area contributed by atoms with Crippen molar-refractivity contribution in [3.05, 3.63) is 11.4 Å². The fraction of sp³-hybridized carbons (Fsp3) is 0.818. The summed E-state index contributed by atoms with van der Waals surface area (Å²) in [6, 6.07) is 0.498. The first kappa shape index (κ1) is 12.2. The van der Waals surface area contributed by atoms with E-state index < -0.39 is 0 Å². The van der Waals surface area contributed by atoms with E-state index in [9.17, 15) is 0 Å². The monoisotopic (exact) mass is 210 g/mol. The van der Waals surface area contributed by atoms with E-state index >= 15 is 0 Å². The van der Waals surface area contributed by atoms with Gasteiger partial charge < -0.3 is 5.32 Å². The van der Waals surface area contributed by atoms with Gasteiger partial charge in [0.1, 0.15) is 0 Å². The maximum Gasteiger partial charge on any atom is 0.0996 e. The fourth-order valence-corrected chi connectivity index (χ4v) is 1.94. The van der Waals surface area contributed by atoms with Gasteiger partial charge >= 0.3 is 0 Å². The van der Waals surface area contributed by atoms with Gasteiger partial charge in [0.2, 0.25) is 0 Å². The first-order valence-corrected chi connectivity index (χ1v) is 5.85. The molecule has 0 amide bonds. The Morgan fingerprint density at radius 2 is 1.93 bits per heavy atom. The highest BCUT2D eigenvalue weighted by molar-refractivity contribution is 5.10. The van der Waals surface area contributed by atoms with Gasteiger partial charge in [-0.1, -0.05) is 26.0 Å². The van der Waals surface area contributed by atoms with Crippen LogP contribution in [0.5, 0.6) is 0 Å². The van der Waals surface area contributed by atoms with E-state index in [0.29, 0.717) is 6.04 Å². The number of aromatic nitrogens is 3. The van der Waals surface area contributed by atoms with Crippen molar-refractivity contribution in [3.63, 3.8) is 0 Å². The second-order valence-corrected chi connectivity index (χ2v) is 3.78. The van der Waals surface area contributed by atoms with Crippen LogP contribution in [0, 0.1) is 0 Å². The molecule has 1 rings (SSSR count). The Balaban J connectivity index is 2.96. The molecule has 1 N–H and O–H groups in total. The van der Waals surface area contributed by atoms with Crippen LogP contribution in [0.4, 0.5) is 0 Å². The van der Waals surface area contributed by atoms with E-state index in [2.05, 4.69) is 41.1 Å². The first-order valence-electron chi connectivity index (χ1n) is 5.85. The lowest BCUT2D eigenvalue weighted by Crippen LogP contribution is -2.13. The molecule has 86 valence electrons. The van der Waals surface area contributed by atoms with Crippen molar-refractivity contribution in [2.75, 3.05) is 7.05 Å². The smallest absolute Gasteiger partial charge is 0.0996 e. The van der Waals surface area contributed by atoms with Crippen LogP contribution in [0.15, 0.2) is 0 Å². The average Bonchev–Trinajstić information content (AvgIpc) is 2.64. The lowest BCUT2D eigenvalue weighted by molar-refractivity contribution is 0.406. The van der Waals surface area contributed by atoms with E-state index in [0.717, 1.165) is 31.5 Å². The van der Waals surface area contributed by atoms with E-state index in [4.69, 9.17) is 0 Å². The van der Waals surface area contributed by atoms with Crippen molar-refractivity contribution in [2.45, 2.75) is 52.6 Å². The quantitative estimate of drug-likeness (QED) is 0.780. The molecule has 15 heavy (non-hydrogen) atoms. The highest BCUT2D eigenvalue weighted by Gasteiger charge is 2.15. The Bertz CT molecular complexity index is 289. The summed E-state index contributed by atoms with van der Waals surface area (Å²) >= 11 is 0. The maximum atomic E-state index is 4.27. The molecule has 1 aromatic rings. The van der Waals surface area contributed by atoms with E-state index in [1.807, 2.05) is 7.05 Å². The third-order valence-corrected chi connectivity index (χ3v) is 2.84. The minimum absolute atomic E-state index is 0.498. The van der Waals surface area contributed by atoms with Crippen LogP contribution < -0.4 is 5.32 Å². The zero-order chi connectivity index (χ0) is 11.3. The summed E-state index contributed by atoms with van der Waals surface area (Å²) in [5.74, 6) is 0. The van der Waals surface area contributed by atoms with Crippen LogP contribution in [-0.2, 0) is 13.0 Å². The minimum Gasteiger partial charge on any atom is -0.314 e. The SMILES string of the molecule is CCc1c(CNC)nnn1C(CC)CC. The van der Waals surface area contributed by atoms with E-state index in [-0.39, 0.29) is 0 Å². The van der Waals surface area contributed by atoms with Crippen LogP contribution >= 0.6 is 0 Å². The molecule has 0 bridgehead atoms. The van der Waals surface area contributed by atoms with Crippen molar-refractivity contribution >= 4 is 0 Å². The molecule has 0 aliphatic carbocycles. The number of rotatable bonds is 6. The lowest BCUT2D eigenvalue weighted by Gasteiger charge is -2.15. The lowest BCUT2D eigenvalue weighted by atomic mass is 10.1. The van der Waals surface area contributed by atoms with Crippen LogP contribution in [0.2, 0.25) is 0 Å². The molecule has 4 heteroatoms. The molecule has 0 radical (unpaired) electrons. The molecule has 0 aromatic carbocycles. The van der Waals surface area contributed by atoms with Gasteiger partial charge in [0, 0.05) is 6.54 Å². The van der Waals surface area contributed by atoms with E-state index in [1.165, 1.54) is 5.69 Å². The molecule has 0 fully saturated rings. The van der Waals surface area contributed by atoms with Crippen molar-refractivity contribution < 1.29 is 0 Å². The summed E-state index contributed by atoms with van der Waals surface area (Å²) < 4.78 is 2.10. The molecule has 0 atom stereocenters. The molecule has 0 saturated heterocycles. The zero-order valence-electron chi connectivity index (χ0n) is 10.2. The normalized spacial score (nSPS) is 11.3. The second kappa shape index (κ2) is 5.85. The summed E-state index contributed by atoms with van der Waals surface area (Å²) in [6.07, 6.45) is 3.23. The average molecular weight is 210 g/mol. The summed E-state index contributed by atoms with van der Waals surface area (Å²) in [4.78, 5) is 0. The number of hydrogen-bond donors (Lipinski definition) is 1. The molecule has 0 unspecified atom stereocenters. The van der Waals surface area contributed by atoms with Gasteiger partial charge in [-0.25, -0.2) is 4.68 Å². The molecule has 0 spiro atoms. The van der Waals surface area contributed by atoms with Crippen molar-refractivity contribution in [2.24, 2.45) is 0 Å². The maximum absolute atomic E-state index is 4.27. The Kier molecular flexibility index (Phi) is 4.75. The van der Waals surface area contributed by atoms with Crippen LogP contribution in [0.3, 0.4) is 0 Å². The topological polar surface area (TPSA) is 42.7 Å². The van der Waals surface area contributed by atoms with Crippen molar-refractivity contribution in [1.29, 1.82) is 0 Å². The van der Waals surface area contributed by atoms with Gasteiger partial charge in [0.15, 0.2) is 0 Å². The fourth-order valence-electron chi connectivity index (χ4n) is 1.94. The van der Waals surface area contributed by atoms with Crippen molar-refractivity contribution in [1.82, 2.24) is 20.3 Å². The van der Waals surface area contributed by atoms with Crippen molar-refractivity contribution in [3.8, 4) is 0 Å². The van der Waals surface area contributed by atoms with Crippen LogP contribution in [-0.4, -0.2) is 22.0 Å². The Morgan fingerprint density at radius 3 is 2.40 bits per heavy atom. The van der Waals surface area contributed by atoms with Gasteiger partial charge in [0.05, 0.1) is 17.4 Å². The standard InChI is InChI=1S/C11H22N4/c1-5-9(6-2)15-11(7-3)10(8-12-4)13-14-15/h9,12H,5-8H2,1-4H3. The highest BCUT2D eigenvalue weighted by Crippen LogP contribution is 2.18. The van der Waals surface area contributed by atoms with E-state index in [1.54, 1.807) is 0 Å². The largest absolute Gasteiger partial charge is 0.314 e. The third-order valence-electron chi connectivity index (χ3n) is 2.84. The highest BCUT2D eigenvalue weighted by atomic mass is 15.4. The van der Waals surface area contributed by atoms with Gasteiger partial charge in [0.25, 0.3) is 0 Å². The molecule has 0 aliphatic heterocycles. The summed E-state index contributed by atoms with van der Waals surface area (Å²) in [7, 11) is 1.94. The third kappa shape index (κ3) is 2.56. The predicted octanol–water partition coefficient (Wildman–Crippen LogP) is 1.92. The van der Waals surface area contributed by atoms with Gasteiger partial charge in [-0.05, 0) is 26.3 Å². The summed E-state index contributed by atoms with van der Waals surface area (Å²) in [5, 5.41) is 11.6. The van der Waals surface area contributed by atoms with Crippen LogP contribution in [0.1, 0.15) is 51.0 Å². The zero-order valence-corrected chi connectivity index (χ0v) is 10.2. The molecular weight excluding hydrogens is 188 g/mol. The molecule has 1 aromatic heterocycles. The second-order valence-electron chi connectivity index (χ2n) is 3.78. The first-order chi connectivity index (χ1) is 7.28. The minimum atomic E-state index is 0.498. The predicted molar refractivity (Wildman–Crippen MR) is 61.8 cm³/mol. The summed E-state index contributed by atoms with van der Waals surface area (Å²) in [6.45, 7) is 7.38. The molecular formula is C11H22N4. The molecule has 0 saturated carbocycles. The Hall–Kier alpha value is -0.900. The molecule has 4 nitrogen and oxygen atoms in total. The Morgan fingerprint density at radius 1 is 1.27 bits per heavy atom. The van der Waals surface area contributed by atoms with Crippen LogP contribution in [0.25, 0.3) is 0 Å². The van der Waals surface area contributed by atoms with Gasteiger partial charge in [-0.2, -0.15) is 0 Å². The summed E-state index contributed by atoms with van der Waals surface area (Å²) in [5.41, 5.74) is 2.37. The molecule has 1 heterocycles. The number of hydrogen-bond acceptors (Lipinski definition) is 3. The number of nitrogens with one attached hydrogen (secondary N) is 1.